The predicted molar refractivity (Wildman–Crippen MR) is 104 cm³/mol. The molecular weight excluding hydrogens is 371 g/mol. The Labute approximate surface area is 162 Å². The van der Waals surface area contributed by atoms with Crippen LogP contribution in [0.4, 0.5) is 0 Å². The smallest absolute Gasteiger partial charge is 0.245 e. The summed E-state index contributed by atoms with van der Waals surface area (Å²) in [6.07, 6.45) is 3.50. The van der Waals surface area contributed by atoms with Crippen molar-refractivity contribution in [2.24, 2.45) is 0 Å². The third kappa shape index (κ3) is 4.45. The third-order valence-corrected chi connectivity index (χ3v) is 4.89. The molecule has 134 valence electrons. The van der Waals surface area contributed by atoms with E-state index < -0.39 is 6.04 Å². The van der Waals surface area contributed by atoms with E-state index in [2.05, 4.69) is 5.32 Å². The van der Waals surface area contributed by atoms with Crippen molar-refractivity contribution in [2.45, 2.75) is 19.0 Å². The molecule has 1 saturated heterocycles. The molecule has 1 heterocycles. The molecule has 6 heteroatoms. The first-order valence-corrected chi connectivity index (χ1v) is 9.05. The van der Waals surface area contributed by atoms with Crippen molar-refractivity contribution < 1.29 is 9.59 Å². The topological polar surface area (TPSA) is 49.4 Å². The van der Waals surface area contributed by atoms with Gasteiger partial charge in [0.1, 0.15) is 6.04 Å². The van der Waals surface area contributed by atoms with Crippen LogP contribution in [0.15, 0.2) is 54.6 Å². The van der Waals surface area contributed by atoms with Crippen LogP contribution < -0.4 is 5.32 Å². The van der Waals surface area contributed by atoms with Gasteiger partial charge in [0.2, 0.25) is 11.8 Å². The van der Waals surface area contributed by atoms with E-state index in [0.29, 0.717) is 35.1 Å². The molecule has 1 N–H and O–H groups in total. The highest BCUT2D eigenvalue weighted by atomic mass is 35.5. The fourth-order valence-electron chi connectivity index (χ4n) is 2.88. The van der Waals surface area contributed by atoms with Gasteiger partial charge < -0.3 is 10.2 Å². The highest BCUT2D eigenvalue weighted by Gasteiger charge is 2.32. The highest BCUT2D eigenvalue weighted by Crippen LogP contribution is 2.25. The van der Waals surface area contributed by atoms with Crippen molar-refractivity contribution >= 4 is 41.1 Å². The van der Waals surface area contributed by atoms with Gasteiger partial charge in [-0.1, -0.05) is 59.6 Å². The lowest BCUT2D eigenvalue weighted by molar-refractivity contribution is -0.132. The molecule has 0 spiro atoms. The Morgan fingerprint density at radius 1 is 1.12 bits per heavy atom. The molecule has 2 aromatic carbocycles. The maximum Gasteiger partial charge on any atom is 0.245 e. The number of likely N-dealkylation sites (tertiary alicyclic amines) is 1. The van der Waals surface area contributed by atoms with E-state index in [9.17, 15) is 9.59 Å². The number of nitrogens with one attached hydrogen (secondary N) is 1. The normalized spacial score (nSPS) is 17.1. The van der Waals surface area contributed by atoms with E-state index in [1.807, 2.05) is 30.3 Å². The lowest BCUT2D eigenvalue weighted by Gasteiger charge is -2.17. The van der Waals surface area contributed by atoms with Crippen molar-refractivity contribution in [3.63, 3.8) is 0 Å². The zero-order chi connectivity index (χ0) is 18.5. The first-order chi connectivity index (χ1) is 12.5. The molecule has 1 aliphatic heterocycles. The Hall–Kier alpha value is -2.30. The molecule has 1 fully saturated rings. The summed E-state index contributed by atoms with van der Waals surface area (Å²) >= 11 is 12.1. The van der Waals surface area contributed by atoms with Crippen LogP contribution >= 0.6 is 23.2 Å². The summed E-state index contributed by atoms with van der Waals surface area (Å²) in [5, 5.41) is 3.68. The number of carbonyl (C=O) groups is 2. The molecule has 0 unspecified atom stereocenters. The Bertz CT molecular complexity index is 817. The maximum absolute atomic E-state index is 12.5. The molecular formula is C20H18Cl2N2O2. The van der Waals surface area contributed by atoms with Gasteiger partial charge in [-0.3, -0.25) is 9.59 Å². The monoisotopic (exact) mass is 388 g/mol. The van der Waals surface area contributed by atoms with E-state index in [1.54, 1.807) is 29.2 Å². The third-order valence-electron chi connectivity index (χ3n) is 4.23. The molecule has 3 rings (SSSR count). The molecule has 0 saturated carbocycles. The number of carbonyl (C=O) groups excluding carboxylic acids is 2. The van der Waals surface area contributed by atoms with E-state index >= 15 is 0 Å². The molecule has 1 aliphatic rings. The highest BCUT2D eigenvalue weighted by molar-refractivity contribution is 6.37. The Kier molecular flexibility index (Phi) is 5.96. The lowest BCUT2D eigenvalue weighted by atomic mass is 10.2. The minimum absolute atomic E-state index is 0.0635. The van der Waals surface area contributed by atoms with Gasteiger partial charge in [0.05, 0.1) is 0 Å². The van der Waals surface area contributed by atoms with Crippen molar-refractivity contribution in [2.75, 3.05) is 6.54 Å². The second-order valence-corrected chi connectivity index (χ2v) is 6.88. The number of rotatable bonds is 5. The Balaban J connectivity index is 1.58. The second-order valence-electron chi connectivity index (χ2n) is 6.06. The first kappa shape index (κ1) is 18.5. The van der Waals surface area contributed by atoms with Crippen LogP contribution in [0, 0.1) is 0 Å². The minimum atomic E-state index is -0.502. The molecule has 0 aromatic heterocycles. The largest absolute Gasteiger partial charge is 0.341 e. The zero-order valence-electron chi connectivity index (χ0n) is 14.0. The van der Waals surface area contributed by atoms with E-state index in [1.165, 1.54) is 6.08 Å². The standard InChI is InChI=1S/C20H18Cl2N2O2/c21-16-7-4-8-17(22)15(16)9-10-19(25)23-18-11-12-24(20(18)26)13-14-5-2-1-3-6-14/h1-10,18H,11-13H2,(H,23,25)/b10-9-/t18-/m0/s1. The van der Waals surface area contributed by atoms with Gasteiger partial charge >= 0.3 is 0 Å². The van der Waals surface area contributed by atoms with Gasteiger partial charge in [-0.25, -0.2) is 0 Å². The lowest BCUT2D eigenvalue weighted by Crippen LogP contribution is -2.40. The van der Waals surface area contributed by atoms with Gasteiger partial charge in [0.25, 0.3) is 0 Å². The summed E-state index contributed by atoms with van der Waals surface area (Å²) in [4.78, 5) is 26.4. The van der Waals surface area contributed by atoms with Crippen molar-refractivity contribution in [1.82, 2.24) is 10.2 Å². The van der Waals surface area contributed by atoms with Crippen LogP contribution in [-0.2, 0) is 16.1 Å². The number of benzene rings is 2. The van der Waals surface area contributed by atoms with E-state index in [-0.39, 0.29) is 11.8 Å². The minimum Gasteiger partial charge on any atom is -0.341 e. The van der Waals surface area contributed by atoms with Crippen molar-refractivity contribution in [3.8, 4) is 0 Å². The quantitative estimate of drug-likeness (QED) is 0.788. The summed E-state index contributed by atoms with van der Waals surface area (Å²) in [5.41, 5.74) is 1.65. The summed E-state index contributed by atoms with van der Waals surface area (Å²) in [5.74, 6) is -0.410. The Morgan fingerprint density at radius 2 is 1.81 bits per heavy atom. The van der Waals surface area contributed by atoms with Gasteiger partial charge in [-0.2, -0.15) is 0 Å². The zero-order valence-corrected chi connectivity index (χ0v) is 15.5. The van der Waals surface area contributed by atoms with Crippen LogP contribution in [0.1, 0.15) is 17.5 Å². The number of amides is 2. The summed E-state index contributed by atoms with van der Waals surface area (Å²) in [6, 6.07) is 14.4. The van der Waals surface area contributed by atoms with Gasteiger partial charge in [-0.05, 0) is 30.2 Å². The predicted octanol–water partition coefficient (Wildman–Crippen LogP) is 3.92. The fourth-order valence-corrected chi connectivity index (χ4v) is 3.41. The molecule has 2 amide bonds. The van der Waals surface area contributed by atoms with Crippen LogP contribution in [-0.4, -0.2) is 29.3 Å². The number of hydrogen-bond acceptors (Lipinski definition) is 2. The Morgan fingerprint density at radius 3 is 2.50 bits per heavy atom. The summed E-state index contributed by atoms with van der Waals surface area (Å²) < 4.78 is 0. The van der Waals surface area contributed by atoms with Crippen LogP contribution in [0.3, 0.4) is 0 Å². The molecule has 4 nitrogen and oxygen atoms in total. The van der Waals surface area contributed by atoms with Crippen molar-refractivity contribution in [3.05, 3.63) is 75.8 Å². The van der Waals surface area contributed by atoms with E-state index in [0.717, 1.165) is 5.56 Å². The second kappa shape index (κ2) is 8.39. The average molecular weight is 389 g/mol. The van der Waals surface area contributed by atoms with Gasteiger partial charge in [0, 0.05) is 34.8 Å². The SMILES string of the molecule is O=C(/C=C\c1c(Cl)cccc1Cl)N[C@H]1CCN(Cc2ccccc2)C1=O. The number of halogens is 2. The number of nitrogens with zero attached hydrogens (tertiary/aromatic N) is 1. The fraction of sp³-hybridized carbons (Fsp3) is 0.200. The summed E-state index contributed by atoms with van der Waals surface area (Å²) in [6.45, 7) is 1.18. The molecule has 0 aliphatic carbocycles. The summed E-state index contributed by atoms with van der Waals surface area (Å²) in [7, 11) is 0. The van der Waals surface area contributed by atoms with Gasteiger partial charge in [-0.15, -0.1) is 0 Å². The maximum atomic E-state index is 12.5. The molecule has 1 atom stereocenters. The molecule has 0 radical (unpaired) electrons. The first-order valence-electron chi connectivity index (χ1n) is 8.30. The van der Waals surface area contributed by atoms with Gasteiger partial charge in [0.15, 0.2) is 0 Å². The van der Waals surface area contributed by atoms with E-state index in [4.69, 9.17) is 23.2 Å². The van der Waals surface area contributed by atoms with Crippen molar-refractivity contribution in [1.29, 1.82) is 0 Å². The molecule has 0 bridgehead atoms. The average Bonchev–Trinajstić information content (AvgIpc) is 2.95. The van der Waals surface area contributed by atoms with Crippen LogP contribution in [0.25, 0.3) is 6.08 Å². The number of hydrogen-bond donors (Lipinski definition) is 1. The molecule has 2 aromatic rings. The van der Waals surface area contributed by atoms with Crippen LogP contribution in [0.5, 0.6) is 0 Å². The molecule has 26 heavy (non-hydrogen) atoms. The van der Waals surface area contributed by atoms with Crippen LogP contribution in [0.2, 0.25) is 10.0 Å².